The van der Waals surface area contributed by atoms with Crippen molar-refractivity contribution in [3.8, 4) is 0 Å². The number of urea groups is 1. The Morgan fingerprint density at radius 3 is 2.26 bits per heavy atom. The number of furan rings is 1. The first-order valence-electron chi connectivity index (χ1n) is 8.57. The number of anilines is 2. The van der Waals surface area contributed by atoms with Crippen molar-refractivity contribution in [2.75, 3.05) is 10.6 Å². The van der Waals surface area contributed by atoms with Gasteiger partial charge in [0.2, 0.25) is 0 Å². The van der Waals surface area contributed by atoms with Crippen molar-refractivity contribution in [3.05, 3.63) is 83.3 Å². The maximum atomic E-state index is 12.4. The van der Waals surface area contributed by atoms with Crippen LogP contribution in [0.25, 0.3) is 0 Å². The van der Waals surface area contributed by atoms with Crippen molar-refractivity contribution < 1.29 is 14.0 Å². The first-order chi connectivity index (χ1) is 13.0. The molecule has 6 heteroatoms. The summed E-state index contributed by atoms with van der Waals surface area (Å²) in [7, 11) is 0. The lowest BCUT2D eigenvalue weighted by atomic mass is 10.1. The van der Waals surface area contributed by atoms with E-state index in [9.17, 15) is 9.59 Å². The fourth-order valence-corrected chi connectivity index (χ4v) is 2.66. The van der Waals surface area contributed by atoms with Gasteiger partial charge in [-0.3, -0.25) is 4.79 Å². The number of hydrogen-bond acceptors (Lipinski definition) is 3. The van der Waals surface area contributed by atoms with Crippen LogP contribution in [-0.4, -0.2) is 11.9 Å². The topological polar surface area (TPSA) is 83.4 Å². The number of amides is 3. The lowest BCUT2D eigenvalue weighted by Crippen LogP contribution is -2.27. The molecule has 3 N–H and O–H groups in total. The average Bonchev–Trinajstić information content (AvgIpc) is 3.15. The molecule has 0 spiro atoms. The van der Waals surface area contributed by atoms with Gasteiger partial charge in [0.25, 0.3) is 5.91 Å². The van der Waals surface area contributed by atoms with Crippen LogP contribution in [0.1, 0.15) is 27.2 Å². The molecule has 3 rings (SSSR count). The largest absolute Gasteiger partial charge is 0.467 e. The van der Waals surface area contributed by atoms with Gasteiger partial charge in [-0.05, 0) is 61.9 Å². The highest BCUT2D eigenvalue weighted by molar-refractivity contribution is 6.05. The molecule has 3 aromatic rings. The Kier molecular flexibility index (Phi) is 5.56. The highest BCUT2D eigenvalue weighted by atomic mass is 16.3. The number of nitrogens with one attached hydrogen (secondary N) is 3. The minimum atomic E-state index is -0.335. The van der Waals surface area contributed by atoms with Crippen molar-refractivity contribution in [1.82, 2.24) is 5.32 Å². The average molecular weight is 363 g/mol. The van der Waals surface area contributed by atoms with E-state index in [0.29, 0.717) is 29.2 Å². The van der Waals surface area contributed by atoms with Gasteiger partial charge in [0.15, 0.2) is 0 Å². The van der Waals surface area contributed by atoms with E-state index in [-0.39, 0.29) is 11.9 Å². The van der Waals surface area contributed by atoms with Crippen molar-refractivity contribution in [2.24, 2.45) is 0 Å². The van der Waals surface area contributed by atoms with E-state index in [2.05, 4.69) is 16.0 Å². The number of hydrogen-bond donors (Lipinski definition) is 3. The van der Waals surface area contributed by atoms with Crippen LogP contribution in [0.15, 0.2) is 65.3 Å². The number of rotatable bonds is 5. The first kappa shape index (κ1) is 18.3. The number of aryl methyl sites for hydroxylation is 2. The monoisotopic (exact) mass is 363 g/mol. The molecule has 0 radical (unpaired) electrons. The third kappa shape index (κ3) is 4.98. The van der Waals surface area contributed by atoms with Gasteiger partial charge in [-0.15, -0.1) is 0 Å². The molecule has 0 aliphatic heterocycles. The second-order valence-corrected chi connectivity index (χ2v) is 6.24. The standard InChI is InChI=1S/C21H21N3O3/c1-14-5-10-19(15(2)12-14)20(25)23-16-6-8-17(9-7-16)24-21(26)22-13-18-4-3-11-27-18/h3-12H,13H2,1-2H3,(H,23,25)(H2,22,24,26). The molecule has 138 valence electrons. The third-order valence-electron chi connectivity index (χ3n) is 4.03. The molecule has 0 bridgehead atoms. The molecule has 0 aliphatic carbocycles. The van der Waals surface area contributed by atoms with Crippen LogP contribution in [0.2, 0.25) is 0 Å². The number of benzene rings is 2. The Hall–Kier alpha value is -3.54. The van der Waals surface area contributed by atoms with E-state index < -0.39 is 0 Å². The van der Waals surface area contributed by atoms with Crippen molar-refractivity contribution >= 4 is 23.3 Å². The molecule has 0 unspecified atom stereocenters. The van der Waals surface area contributed by atoms with E-state index in [1.807, 2.05) is 32.0 Å². The van der Waals surface area contributed by atoms with Crippen LogP contribution in [-0.2, 0) is 6.54 Å². The molecule has 0 saturated heterocycles. The predicted octanol–water partition coefficient (Wildman–Crippen LogP) is 4.47. The Morgan fingerprint density at radius 2 is 1.63 bits per heavy atom. The first-order valence-corrected chi connectivity index (χ1v) is 8.57. The van der Waals surface area contributed by atoms with Crippen LogP contribution in [0.5, 0.6) is 0 Å². The van der Waals surface area contributed by atoms with Crippen LogP contribution >= 0.6 is 0 Å². The quantitative estimate of drug-likeness (QED) is 0.625. The summed E-state index contributed by atoms with van der Waals surface area (Å²) in [5, 5.41) is 8.29. The summed E-state index contributed by atoms with van der Waals surface area (Å²) in [5.74, 6) is 0.513. The lowest BCUT2D eigenvalue weighted by molar-refractivity contribution is 0.102. The summed E-state index contributed by atoms with van der Waals surface area (Å²) < 4.78 is 5.16. The summed E-state index contributed by atoms with van der Waals surface area (Å²) in [6.45, 7) is 4.21. The van der Waals surface area contributed by atoms with Crippen LogP contribution in [0.3, 0.4) is 0 Å². The molecule has 27 heavy (non-hydrogen) atoms. The summed E-state index contributed by atoms with van der Waals surface area (Å²) in [6.07, 6.45) is 1.56. The van der Waals surface area contributed by atoms with Gasteiger partial charge in [-0.25, -0.2) is 4.79 Å². The van der Waals surface area contributed by atoms with Crippen molar-refractivity contribution in [2.45, 2.75) is 20.4 Å². The van der Waals surface area contributed by atoms with Crippen LogP contribution in [0.4, 0.5) is 16.2 Å². The highest BCUT2D eigenvalue weighted by Crippen LogP contribution is 2.16. The molecular weight excluding hydrogens is 342 g/mol. The molecule has 0 fully saturated rings. The van der Waals surface area contributed by atoms with E-state index in [0.717, 1.165) is 11.1 Å². The smallest absolute Gasteiger partial charge is 0.319 e. The van der Waals surface area contributed by atoms with E-state index in [1.54, 1.807) is 42.7 Å². The number of carbonyl (C=O) groups excluding carboxylic acids is 2. The maximum absolute atomic E-state index is 12.4. The fourth-order valence-electron chi connectivity index (χ4n) is 2.66. The fraction of sp³-hybridized carbons (Fsp3) is 0.143. The zero-order valence-corrected chi connectivity index (χ0v) is 15.2. The van der Waals surface area contributed by atoms with Crippen LogP contribution < -0.4 is 16.0 Å². The van der Waals surface area contributed by atoms with Gasteiger partial charge in [-0.2, -0.15) is 0 Å². The predicted molar refractivity (Wildman–Crippen MR) is 105 cm³/mol. The Labute approximate surface area is 157 Å². The minimum absolute atomic E-state index is 0.163. The molecule has 0 atom stereocenters. The third-order valence-corrected chi connectivity index (χ3v) is 4.03. The molecule has 3 amide bonds. The van der Waals surface area contributed by atoms with Crippen molar-refractivity contribution in [1.29, 1.82) is 0 Å². The SMILES string of the molecule is Cc1ccc(C(=O)Nc2ccc(NC(=O)NCc3ccco3)cc2)c(C)c1. The van der Waals surface area contributed by atoms with Gasteiger partial charge < -0.3 is 20.4 Å². The maximum Gasteiger partial charge on any atom is 0.319 e. The lowest BCUT2D eigenvalue weighted by Gasteiger charge is -2.10. The molecule has 0 saturated carbocycles. The Bertz CT molecular complexity index is 932. The minimum Gasteiger partial charge on any atom is -0.467 e. The number of carbonyl (C=O) groups is 2. The zero-order chi connectivity index (χ0) is 19.2. The van der Waals surface area contributed by atoms with E-state index in [1.165, 1.54) is 0 Å². The van der Waals surface area contributed by atoms with E-state index in [4.69, 9.17) is 4.42 Å². The van der Waals surface area contributed by atoms with Crippen molar-refractivity contribution in [3.63, 3.8) is 0 Å². The molecular formula is C21H21N3O3. The molecule has 2 aromatic carbocycles. The van der Waals surface area contributed by atoms with Crippen LogP contribution in [0, 0.1) is 13.8 Å². The van der Waals surface area contributed by atoms with Gasteiger partial charge in [0, 0.05) is 16.9 Å². The molecule has 1 aromatic heterocycles. The summed E-state index contributed by atoms with van der Waals surface area (Å²) in [5.41, 5.74) is 3.96. The summed E-state index contributed by atoms with van der Waals surface area (Å²) >= 11 is 0. The Balaban J connectivity index is 1.55. The van der Waals surface area contributed by atoms with Gasteiger partial charge in [0.1, 0.15) is 5.76 Å². The van der Waals surface area contributed by atoms with Gasteiger partial charge in [0.05, 0.1) is 12.8 Å². The summed E-state index contributed by atoms with van der Waals surface area (Å²) in [6, 6.07) is 15.9. The second kappa shape index (κ2) is 8.23. The second-order valence-electron chi connectivity index (χ2n) is 6.24. The highest BCUT2D eigenvalue weighted by Gasteiger charge is 2.09. The normalized spacial score (nSPS) is 10.3. The summed E-state index contributed by atoms with van der Waals surface area (Å²) in [4.78, 5) is 24.3. The molecule has 6 nitrogen and oxygen atoms in total. The Morgan fingerprint density at radius 1 is 0.926 bits per heavy atom. The zero-order valence-electron chi connectivity index (χ0n) is 15.2. The molecule has 1 heterocycles. The van der Waals surface area contributed by atoms with Gasteiger partial charge >= 0.3 is 6.03 Å². The molecule has 0 aliphatic rings. The van der Waals surface area contributed by atoms with E-state index >= 15 is 0 Å². The van der Waals surface area contributed by atoms with Gasteiger partial charge in [-0.1, -0.05) is 17.7 Å².